The molecule has 0 spiro atoms. The van der Waals surface area contributed by atoms with Crippen LogP contribution in [0.25, 0.3) is 33.8 Å². The summed E-state index contributed by atoms with van der Waals surface area (Å²) in [4.78, 5) is 12.8. The van der Waals surface area contributed by atoms with Crippen molar-refractivity contribution in [3.05, 3.63) is 132 Å². The molecule has 7 aromatic rings. The highest BCUT2D eigenvalue weighted by molar-refractivity contribution is 6.30. The molecule has 0 fully saturated rings. The number of anilines is 1. The Morgan fingerprint density at radius 3 is 1.85 bits per heavy atom. The molecule has 8 nitrogen and oxygen atoms in total. The number of hydrogen-bond acceptors (Lipinski definition) is 6. The summed E-state index contributed by atoms with van der Waals surface area (Å²) in [6, 6.07) is 23.9. The van der Waals surface area contributed by atoms with E-state index >= 15 is 0 Å². The number of nitrogens with zero attached hydrogens (tertiary/aromatic N) is 7. The van der Waals surface area contributed by atoms with Crippen LogP contribution in [0.3, 0.4) is 0 Å². The van der Waals surface area contributed by atoms with Crippen LogP contribution in [-0.4, -0.2) is 34.2 Å². The standard InChI is InChI=1S/C18H14FN5.C12H7ClFN3/c19-15-4-2-1-3-14(15)16-11-18(24-17(23-16)7-10-22-24)21-12-13-5-8-20-9-6-13;13-11-7-10(8-3-1-2-4-9(8)14)16-12-5-6-15-17(11)12/h1-11,21H,12H2;1-7H. The molecule has 0 bridgehead atoms. The molecule has 0 radical (unpaired) electrons. The van der Waals surface area contributed by atoms with Gasteiger partial charge in [0.2, 0.25) is 0 Å². The van der Waals surface area contributed by atoms with Crippen molar-refractivity contribution in [2.45, 2.75) is 6.54 Å². The van der Waals surface area contributed by atoms with Crippen LogP contribution in [0, 0.1) is 11.6 Å². The van der Waals surface area contributed by atoms with E-state index in [1.54, 1.807) is 90.0 Å². The van der Waals surface area contributed by atoms with Crippen LogP contribution in [0.15, 0.2) is 110 Å². The lowest BCUT2D eigenvalue weighted by Gasteiger charge is -2.11. The zero-order chi connectivity index (χ0) is 28.2. The lowest BCUT2D eigenvalue weighted by atomic mass is 10.1. The Hall–Kier alpha value is -5.22. The fourth-order valence-electron chi connectivity index (χ4n) is 4.22. The Kier molecular flexibility index (Phi) is 7.29. The molecular formula is C30H21ClF2N8. The van der Waals surface area contributed by atoms with Gasteiger partial charge in [0.25, 0.3) is 0 Å². The number of rotatable bonds is 5. The van der Waals surface area contributed by atoms with Gasteiger partial charge in [0, 0.05) is 54.3 Å². The topological polar surface area (TPSA) is 85.3 Å². The second-order valence-electron chi connectivity index (χ2n) is 8.86. The fourth-order valence-corrected chi connectivity index (χ4v) is 4.45. The Balaban J connectivity index is 0.000000156. The first-order chi connectivity index (χ1) is 20.1. The molecule has 0 amide bonds. The van der Waals surface area contributed by atoms with Gasteiger partial charge in [-0.05, 0) is 42.0 Å². The predicted octanol–water partition coefficient (Wildman–Crippen LogP) is 6.73. The van der Waals surface area contributed by atoms with Gasteiger partial charge < -0.3 is 5.32 Å². The highest BCUT2D eigenvalue weighted by atomic mass is 35.5. The van der Waals surface area contributed by atoms with Crippen LogP contribution in [0.2, 0.25) is 5.15 Å². The third-order valence-corrected chi connectivity index (χ3v) is 6.47. The molecule has 41 heavy (non-hydrogen) atoms. The minimum Gasteiger partial charge on any atom is -0.366 e. The molecule has 202 valence electrons. The second-order valence-corrected chi connectivity index (χ2v) is 9.25. The van der Waals surface area contributed by atoms with Crippen molar-refractivity contribution < 1.29 is 8.78 Å². The van der Waals surface area contributed by atoms with E-state index in [-0.39, 0.29) is 11.6 Å². The lowest BCUT2D eigenvalue weighted by molar-refractivity contribution is 0.630. The number of hydrogen-bond donors (Lipinski definition) is 1. The first-order valence-corrected chi connectivity index (χ1v) is 12.9. The number of fused-ring (bicyclic) bond motifs is 2. The van der Waals surface area contributed by atoms with E-state index < -0.39 is 0 Å². The molecule has 0 atom stereocenters. The van der Waals surface area contributed by atoms with Crippen molar-refractivity contribution in [3.8, 4) is 22.5 Å². The van der Waals surface area contributed by atoms with Gasteiger partial charge in [-0.3, -0.25) is 4.98 Å². The van der Waals surface area contributed by atoms with Gasteiger partial charge >= 0.3 is 0 Å². The summed E-state index contributed by atoms with van der Waals surface area (Å²) in [5.41, 5.74) is 4.31. The molecule has 0 aliphatic rings. The van der Waals surface area contributed by atoms with Crippen LogP contribution < -0.4 is 5.32 Å². The van der Waals surface area contributed by atoms with Crippen molar-refractivity contribution in [2.75, 3.05) is 5.32 Å². The smallest absolute Gasteiger partial charge is 0.157 e. The van der Waals surface area contributed by atoms with Crippen molar-refractivity contribution in [2.24, 2.45) is 0 Å². The molecule has 0 saturated carbocycles. The van der Waals surface area contributed by atoms with Gasteiger partial charge in [-0.15, -0.1) is 0 Å². The van der Waals surface area contributed by atoms with E-state index in [0.717, 1.165) is 11.4 Å². The molecule has 7 rings (SSSR count). The summed E-state index contributed by atoms with van der Waals surface area (Å²) in [5, 5.41) is 12.0. The Labute approximate surface area is 237 Å². The molecule has 11 heteroatoms. The maximum Gasteiger partial charge on any atom is 0.157 e. The van der Waals surface area contributed by atoms with Gasteiger partial charge in [-0.1, -0.05) is 35.9 Å². The van der Waals surface area contributed by atoms with Crippen molar-refractivity contribution in [1.82, 2.24) is 34.2 Å². The summed E-state index contributed by atoms with van der Waals surface area (Å²) >= 11 is 6.04. The fraction of sp³-hybridized carbons (Fsp3) is 0.0333. The minimum atomic E-state index is -0.320. The maximum atomic E-state index is 14.1. The summed E-state index contributed by atoms with van der Waals surface area (Å²) in [6.07, 6.45) is 6.76. The number of halogens is 3. The summed E-state index contributed by atoms with van der Waals surface area (Å²) in [5.74, 6) is 0.133. The number of benzene rings is 2. The van der Waals surface area contributed by atoms with E-state index in [1.807, 2.05) is 12.1 Å². The highest BCUT2D eigenvalue weighted by Crippen LogP contribution is 2.25. The Morgan fingerprint density at radius 2 is 1.22 bits per heavy atom. The van der Waals surface area contributed by atoms with E-state index in [1.165, 1.54) is 16.6 Å². The van der Waals surface area contributed by atoms with Crippen LogP contribution in [-0.2, 0) is 6.54 Å². The normalized spacial score (nSPS) is 10.9. The molecule has 0 unspecified atom stereocenters. The number of nitrogens with one attached hydrogen (secondary N) is 1. The maximum absolute atomic E-state index is 14.1. The average molecular weight is 567 g/mol. The molecule has 0 aliphatic carbocycles. The van der Waals surface area contributed by atoms with E-state index in [2.05, 4.69) is 30.5 Å². The third-order valence-electron chi connectivity index (χ3n) is 6.20. The molecule has 0 saturated heterocycles. The van der Waals surface area contributed by atoms with E-state index in [4.69, 9.17) is 11.6 Å². The minimum absolute atomic E-state index is 0.297. The largest absolute Gasteiger partial charge is 0.366 e. The Bertz CT molecular complexity index is 1960. The SMILES string of the molecule is Fc1ccccc1-c1cc(Cl)n2nccc2n1.Fc1ccccc1-c1cc(NCc2ccncc2)n2nccc2n1. The van der Waals surface area contributed by atoms with Crippen LogP contribution in [0.4, 0.5) is 14.6 Å². The second kappa shape index (κ2) is 11.5. The van der Waals surface area contributed by atoms with Gasteiger partial charge in [-0.2, -0.15) is 14.7 Å². The van der Waals surface area contributed by atoms with E-state index in [0.29, 0.717) is 45.5 Å². The van der Waals surface area contributed by atoms with Crippen molar-refractivity contribution in [1.29, 1.82) is 0 Å². The average Bonchev–Trinajstić information content (AvgIpc) is 3.67. The quantitative estimate of drug-likeness (QED) is 0.232. The molecule has 1 N–H and O–H groups in total. The van der Waals surface area contributed by atoms with Gasteiger partial charge in [0.15, 0.2) is 11.3 Å². The molecular weight excluding hydrogens is 546 g/mol. The van der Waals surface area contributed by atoms with Crippen molar-refractivity contribution in [3.63, 3.8) is 0 Å². The molecule has 5 heterocycles. The summed E-state index contributed by atoms with van der Waals surface area (Å²) in [7, 11) is 0. The number of aromatic nitrogens is 7. The van der Waals surface area contributed by atoms with Crippen LogP contribution in [0.1, 0.15) is 5.56 Å². The molecule has 0 aliphatic heterocycles. The molecule has 5 aromatic heterocycles. The Morgan fingerprint density at radius 1 is 0.659 bits per heavy atom. The summed E-state index contributed by atoms with van der Waals surface area (Å²) in [6.45, 7) is 0.609. The third kappa shape index (κ3) is 5.59. The lowest BCUT2D eigenvalue weighted by Crippen LogP contribution is -2.07. The molecule has 2 aromatic carbocycles. The van der Waals surface area contributed by atoms with Gasteiger partial charge in [0.1, 0.15) is 22.6 Å². The zero-order valence-corrected chi connectivity index (χ0v) is 22.1. The zero-order valence-electron chi connectivity index (χ0n) is 21.4. The highest BCUT2D eigenvalue weighted by Gasteiger charge is 2.12. The van der Waals surface area contributed by atoms with E-state index in [9.17, 15) is 8.78 Å². The van der Waals surface area contributed by atoms with Crippen LogP contribution in [0.5, 0.6) is 0 Å². The van der Waals surface area contributed by atoms with Crippen LogP contribution >= 0.6 is 11.6 Å². The van der Waals surface area contributed by atoms with Gasteiger partial charge in [-0.25, -0.2) is 23.3 Å². The number of pyridine rings is 1. The first-order valence-electron chi connectivity index (χ1n) is 12.5. The predicted molar refractivity (Wildman–Crippen MR) is 153 cm³/mol. The monoisotopic (exact) mass is 566 g/mol. The van der Waals surface area contributed by atoms with Crippen molar-refractivity contribution >= 4 is 28.7 Å². The van der Waals surface area contributed by atoms with Gasteiger partial charge in [0.05, 0.1) is 23.8 Å². The summed E-state index contributed by atoms with van der Waals surface area (Å²) < 4.78 is 30.9. The first kappa shape index (κ1) is 26.0.